The molecule has 0 saturated heterocycles. The van der Waals surface area contributed by atoms with Gasteiger partial charge in [0.2, 0.25) is 0 Å². The Labute approximate surface area is 108 Å². The zero-order valence-electron chi connectivity index (χ0n) is 11.4. The van der Waals surface area contributed by atoms with E-state index < -0.39 is 6.10 Å². The highest BCUT2D eigenvalue weighted by Gasteiger charge is 2.48. The number of hydrogen-bond donors (Lipinski definition) is 2. The summed E-state index contributed by atoms with van der Waals surface area (Å²) in [5.74, 6) is 0.666. The molecule has 1 saturated carbocycles. The molecule has 0 amide bonds. The predicted molar refractivity (Wildman–Crippen MR) is 67.6 cm³/mol. The van der Waals surface area contributed by atoms with Crippen molar-refractivity contribution in [3.63, 3.8) is 0 Å². The van der Waals surface area contributed by atoms with Crippen LogP contribution in [-0.2, 0) is 13.5 Å². The van der Waals surface area contributed by atoms with Gasteiger partial charge in [-0.25, -0.2) is 0 Å². The van der Waals surface area contributed by atoms with Gasteiger partial charge in [-0.3, -0.25) is 0 Å². The molecule has 1 aliphatic carbocycles. The first-order chi connectivity index (χ1) is 8.39. The molecule has 1 heterocycles. The van der Waals surface area contributed by atoms with E-state index in [9.17, 15) is 5.11 Å². The molecule has 0 aromatic carbocycles. The third-order valence-electron chi connectivity index (χ3n) is 4.28. The molecular formula is C12H23N5O. The Bertz CT molecular complexity index is 416. The first kappa shape index (κ1) is 13.4. The quantitative estimate of drug-likeness (QED) is 0.807. The van der Waals surface area contributed by atoms with Crippen molar-refractivity contribution in [3.8, 4) is 0 Å². The molecule has 2 rings (SSSR count). The fraction of sp³-hybridized carbons (Fsp3) is 0.917. The first-order valence-corrected chi connectivity index (χ1v) is 6.51. The molecule has 2 atom stereocenters. The molecule has 0 bridgehead atoms. The number of tetrazole rings is 1. The first-order valence-electron chi connectivity index (χ1n) is 6.51. The van der Waals surface area contributed by atoms with Crippen LogP contribution in [0.2, 0.25) is 0 Å². The smallest absolute Gasteiger partial charge is 0.175 e. The largest absolute Gasteiger partial charge is 0.392 e. The van der Waals surface area contributed by atoms with Crippen LogP contribution >= 0.6 is 0 Å². The normalized spacial score (nSPS) is 31.5. The lowest BCUT2D eigenvalue weighted by Crippen LogP contribution is -2.53. The standard InChI is InChI=1S/C12H23N5O/c1-11(2)5-4-6-12(8-13,10(11)18)7-9-14-16-17(3)15-9/h10,18H,4-8,13H2,1-3H3. The van der Waals surface area contributed by atoms with Gasteiger partial charge in [-0.1, -0.05) is 20.3 Å². The number of nitrogens with zero attached hydrogens (tertiary/aromatic N) is 4. The Morgan fingerprint density at radius 2 is 2.17 bits per heavy atom. The lowest BCUT2D eigenvalue weighted by Gasteiger charge is -2.49. The van der Waals surface area contributed by atoms with E-state index in [1.807, 2.05) is 0 Å². The Hall–Kier alpha value is -1.01. The Kier molecular flexibility index (Phi) is 3.42. The summed E-state index contributed by atoms with van der Waals surface area (Å²) in [7, 11) is 1.74. The summed E-state index contributed by atoms with van der Waals surface area (Å²) in [6, 6.07) is 0. The van der Waals surface area contributed by atoms with Gasteiger partial charge in [-0.15, -0.1) is 10.2 Å². The number of nitrogens with two attached hydrogens (primary N) is 1. The molecule has 18 heavy (non-hydrogen) atoms. The molecule has 0 spiro atoms. The zero-order chi connectivity index (χ0) is 13.4. The molecule has 102 valence electrons. The van der Waals surface area contributed by atoms with E-state index in [0.717, 1.165) is 19.3 Å². The molecule has 6 nitrogen and oxygen atoms in total. The van der Waals surface area contributed by atoms with Crippen LogP contribution in [0.1, 0.15) is 38.9 Å². The highest BCUT2D eigenvalue weighted by atomic mass is 16.3. The number of hydrogen-bond acceptors (Lipinski definition) is 5. The van der Waals surface area contributed by atoms with E-state index in [1.54, 1.807) is 7.05 Å². The summed E-state index contributed by atoms with van der Waals surface area (Å²) in [6.45, 7) is 4.66. The van der Waals surface area contributed by atoms with Crippen LogP contribution in [0.4, 0.5) is 0 Å². The molecule has 1 fully saturated rings. The number of rotatable bonds is 3. The minimum Gasteiger partial charge on any atom is -0.392 e. The number of aromatic nitrogens is 4. The van der Waals surface area contributed by atoms with Crippen molar-refractivity contribution in [3.05, 3.63) is 5.82 Å². The molecule has 1 aromatic rings. The van der Waals surface area contributed by atoms with E-state index in [-0.39, 0.29) is 10.8 Å². The predicted octanol–water partition coefficient (Wildman–Crippen LogP) is 0.269. The molecular weight excluding hydrogens is 230 g/mol. The topological polar surface area (TPSA) is 89.9 Å². The summed E-state index contributed by atoms with van der Waals surface area (Å²) in [6.07, 6.45) is 3.21. The van der Waals surface area contributed by atoms with Crippen molar-refractivity contribution < 1.29 is 5.11 Å². The highest BCUT2D eigenvalue weighted by Crippen LogP contribution is 2.47. The lowest BCUT2D eigenvalue weighted by molar-refractivity contribution is -0.0892. The zero-order valence-corrected chi connectivity index (χ0v) is 11.4. The van der Waals surface area contributed by atoms with Crippen molar-refractivity contribution in [2.45, 2.75) is 45.6 Å². The van der Waals surface area contributed by atoms with Crippen LogP contribution in [0, 0.1) is 10.8 Å². The lowest BCUT2D eigenvalue weighted by atomic mass is 9.60. The monoisotopic (exact) mass is 253 g/mol. The van der Waals surface area contributed by atoms with Gasteiger partial charge >= 0.3 is 0 Å². The van der Waals surface area contributed by atoms with Crippen LogP contribution in [0.5, 0.6) is 0 Å². The van der Waals surface area contributed by atoms with Gasteiger partial charge in [-0.05, 0) is 23.5 Å². The van der Waals surface area contributed by atoms with Gasteiger partial charge in [0.25, 0.3) is 0 Å². The second-order valence-electron chi connectivity index (χ2n) is 6.18. The van der Waals surface area contributed by atoms with Gasteiger partial charge in [-0.2, -0.15) is 4.80 Å². The summed E-state index contributed by atoms with van der Waals surface area (Å²) >= 11 is 0. The van der Waals surface area contributed by atoms with Crippen LogP contribution in [-0.4, -0.2) is 38.0 Å². The third-order valence-corrected chi connectivity index (χ3v) is 4.28. The minimum absolute atomic E-state index is 0.0974. The van der Waals surface area contributed by atoms with Crippen molar-refractivity contribution >= 4 is 0 Å². The Morgan fingerprint density at radius 3 is 2.72 bits per heavy atom. The minimum atomic E-state index is -0.424. The van der Waals surface area contributed by atoms with E-state index >= 15 is 0 Å². The third kappa shape index (κ3) is 2.27. The molecule has 0 aliphatic heterocycles. The fourth-order valence-corrected chi connectivity index (χ4v) is 3.18. The van der Waals surface area contributed by atoms with Gasteiger partial charge in [0.1, 0.15) is 0 Å². The molecule has 3 N–H and O–H groups in total. The summed E-state index contributed by atoms with van der Waals surface area (Å²) in [4.78, 5) is 1.44. The van der Waals surface area contributed by atoms with E-state index in [4.69, 9.17) is 5.73 Å². The van der Waals surface area contributed by atoms with E-state index in [2.05, 4.69) is 29.3 Å². The molecule has 0 radical (unpaired) electrons. The van der Waals surface area contributed by atoms with Crippen molar-refractivity contribution in [1.82, 2.24) is 20.2 Å². The number of aryl methyl sites for hydroxylation is 1. The molecule has 1 aromatic heterocycles. The summed E-state index contributed by atoms with van der Waals surface area (Å²) < 4.78 is 0. The second kappa shape index (κ2) is 4.59. The van der Waals surface area contributed by atoms with Gasteiger partial charge in [0, 0.05) is 18.4 Å². The maximum absolute atomic E-state index is 10.7. The Balaban J connectivity index is 2.24. The second-order valence-corrected chi connectivity index (χ2v) is 6.18. The maximum atomic E-state index is 10.7. The van der Waals surface area contributed by atoms with Gasteiger partial charge in [0.05, 0.1) is 13.2 Å². The van der Waals surface area contributed by atoms with Crippen molar-refractivity contribution in [2.75, 3.05) is 6.54 Å². The molecule has 2 unspecified atom stereocenters. The van der Waals surface area contributed by atoms with Gasteiger partial charge < -0.3 is 10.8 Å². The molecule has 1 aliphatic rings. The number of aliphatic hydroxyl groups is 1. The summed E-state index contributed by atoms with van der Waals surface area (Å²) in [5.41, 5.74) is 5.55. The number of aliphatic hydroxyl groups excluding tert-OH is 1. The van der Waals surface area contributed by atoms with Crippen LogP contribution in [0.15, 0.2) is 0 Å². The highest BCUT2D eigenvalue weighted by molar-refractivity contribution is 5.03. The maximum Gasteiger partial charge on any atom is 0.175 e. The fourth-order valence-electron chi connectivity index (χ4n) is 3.18. The van der Waals surface area contributed by atoms with E-state index in [1.165, 1.54) is 4.80 Å². The van der Waals surface area contributed by atoms with Crippen molar-refractivity contribution in [2.24, 2.45) is 23.6 Å². The summed E-state index contributed by atoms with van der Waals surface area (Å²) in [5, 5.41) is 22.7. The van der Waals surface area contributed by atoms with Crippen LogP contribution < -0.4 is 5.73 Å². The van der Waals surface area contributed by atoms with Crippen molar-refractivity contribution in [1.29, 1.82) is 0 Å². The van der Waals surface area contributed by atoms with E-state index in [0.29, 0.717) is 18.8 Å². The molecule has 6 heteroatoms. The average molecular weight is 253 g/mol. The average Bonchev–Trinajstić information content (AvgIpc) is 2.71. The van der Waals surface area contributed by atoms with Crippen LogP contribution in [0.3, 0.4) is 0 Å². The SMILES string of the molecule is Cn1nnc(CC2(CN)CCCC(C)(C)C2O)n1. The Morgan fingerprint density at radius 1 is 1.44 bits per heavy atom. The van der Waals surface area contributed by atoms with Gasteiger partial charge in [0.15, 0.2) is 5.82 Å². The van der Waals surface area contributed by atoms with Crippen LogP contribution in [0.25, 0.3) is 0 Å².